The van der Waals surface area contributed by atoms with Crippen molar-refractivity contribution in [2.75, 3.05) is 26.9 Å². The zero-order valence-electron chi connectivity index (χ0n) is 18.0. The Morgan fingerprint density at radius 2 is 1.97 bits per heavy atom. The van der Waals surface area contributed by atoms with Crippen LogP contribution in [0.25, 0.3) is 0 Å². The second-order valence-corrected chi connectivity index (χ2v) is 8.24. The summed E-state index contributed by atoms with van der Waals surface area (Å²) in [5.41, 5.74) is 1.05. The van der Waals surface area contributed by atoms with Gasteiger partial charge in [0.2, 0.25) is 0 Å². The van der Waals surface area contributed by atoms with Crippen molar-refractivity contribution in [3.8, 4) is 0 Å². The molecule has 30 heavy (non-hydrogen) atoms. The molecule has 1 heterocycles. The summed E-state index contributed by atoms with van der Waals surface area (Å²) in [6.45, 7) is 1.49. The molecule has 0 bridgehead atoms. The molecule has 0 unspecified atom stereocenters. The lowest BCUT2D eigenvalue weighted by atomic mass is 10.2. The Kier molecular flexibility index (Phi) is 10.4. The highest BCUT2D eigenvalue weighted by molar-refractivity contribution is 14.0. The van der Waals surface area contributed by atoms with Crippen LogP contribution in [-0.2, 0) is 13.0 Å². The van der Waals surface area contributed by atoms with Crippen LogP contribution in [0.15, 0.2) is 34.4 Å². The Labute approximate surface area is 200 Å². The lowest BCUT2D eigenvalue weighted by Crippen LogP contribution is -2.39. The van der Waals surface area contributed by atoms with E-state index in [0.717, 1.165) is 41.9 Å². The van der Waals surface area contributed by atoms with Gasteiger partial charge >= 0.3 is 0 Å². The maximum absolute atomic E-state index is 13.1. The van der Waals surface area contributed by atoms with E-state index >= 15 is 0 Å². The summed E-state index contributed by atoms with van der Waals surface area (Å²) in [7, 11) is 3.77. The second-order valence-electron chi connectivity index (χ2n) is 7.47. The van der Waals surface area contributed by atoms with Gasteiger partial charge < -0.3 is 14.8 Å². The number of nitrogens with one attached hydrogen (secondary N) is 1. The van der Waals surface area contributed by atoms with E-state index < -0.39 is 0 Å². The van der Waals surface area contributed by atoms with Gasteiger partial charge in [-0.25, -0.2) is 4.39 Å². The standard InChI is InChI=1S/C21H31FN6S.HI/c1-23-20(27(2)15-16-10-12-17(22)13-11-16)24-14-6-9-19-25-26-21(29-3)28(19)18-7-4-5-8-18;/h10-13,18H,4-9,14-15H2,1-3H3,(H,23,24);1H. The number of benzene rings is 1. The first kappa shape index (κ1) is 24.9. The predicted molar refractivity (Wildman–Crippen MR) is 132 cm³/mol. The fourth-order valence-corrected chi connectivity index (χ4v) is 4.49. The van der Waals surface area contributed by atoms with Crippen molar-refractivity contribution in [3.63, 3.8) is 0 Å². The molecule has 0 saturated heterocycles. The first-order valence-corrected chi connectivity index (χ1v) is 11.5. The van der Waals surface area contributed by atoms with Crippen molar-refractivity contribution in [1.29, 1.82) is 0 Å². The molecule has 0 radical (unpaired) electrons. The lowest BCUT2D eigenvalue weighted by Gasteiger charge is -2.22. The first-order valence-electron chi connectivity index (χ1n) is 10.3. The minimum Gasteiger partial charge on any atom is -0.356 e. The third-order valence-electron chi connectivity index (χ3n) is 5.37. The van der Waals surface area contributed by atoms with Gasteiger partial charge in [0.25, 0.3) is 0 Å². The summed E-state index contributed by atoms with van der Waals surface area (Å²) in [6, 6.07) is 7.15. The first-order chi connectivity index (χ1) is 14.1. The Hall–Kier alpha value is -1.36. The monoisotopic (exact) mass is 546 g/mol. The minimum absolute atomic E-state index is 0. The summed E-state index contributed by atoms with van der Waals surface area (Å²) < 4.78 is 15.5. The number of aryl methyl sites for hydroxylation is 1. The number of hydrogen-bond donors (Lipinski definition) is 1. The largest absolute Gasteiger partial charge is 0.356 e. The maximum Gasteiger partial charge on any atom is 0.193 e. The molecule has 2 aromatic rings. The van der Waals surface area contributed by atoms with Gasteiger partial charge in [-0.1, -0.05) is 36.7 Å². The summed E-state index contributed by atoms with van der Waals surface area (Å²) in [4.78, 5) is 6.41. The van der Waals surface area contributed by atoms with Crippen molar-refractivity contribution in [1.82, 2.24) is 25.0 Å². The number of aromatic nitrogens is 3. The van der Waals surface area contributed by atoms with E-state index in [4.69, 9.17) is 0 Å². The van der Waals surface area contributed by atoms with Gasteiger partial charge in [0, 0.05) is 39.6 Å². The van der Waals surface area contributed by atoms with E-state index in [1.165, 1.54) is 37.8 Å². The van der Waals surface area contributed by atoms with Crippen LogP contribution >= 0.6 is 35.7 Å². The molecule has 1 saturated carbocycles. The van der Waals surface area contributed by atoms with Gasteiger partial charge in [-0.05, 0) is 43.2 Å². The molecule has 1 fully saturated rings. The number of halogens is 2. The van der Waals surface area contributed by atoms with Gasteiger partial charge in [-0.15, -0.1) is 34.2 Å². The summed E-state index contributed by atoms with van der Waals surface area (Å²) >= 11 is 1.68. The number of aliphatic imine (C=N–C) groups is 1. The molecule has 1 aliphatic rings. The second kappa shape index (κ2) is 12.5. The molecule has 1 aromatic carbocycles. The van der Waals surface area contributed by atoms with E-state index in [2.05, 4.69) is 31.3 Å². The quantitative estimate of drug-likeness (QED) is 0.174. The van der Waals surface area contributed by atoms with E-state index in [1.54, 1.807) is 30.9 Å². The average Bonchev–Trinajstić information content (AvgIpc) is 3.38. The van der Waals surface area contributed by atoms with Crippen LogP contribution in [-0.4, -0.2) is 52.5 Å². The fraction of sp³-hybridized carbons (Fsp3) is 0.571. The summed E-state index contributed by atoms with van der Waals surface area (Å²) in [6.07, 6.45) is 9.00. The number of thioether (sulfide) groups is 1. The molecular weight excluding hydrogens is 514 g/mol. The third kappa shape index (κ3) is 6.57. The molecule has 3 rings (SSSR count). The molecule has 1 aromatic heterocycles. The molecule has 166 valence electrons. The SMILES string of the molecule is CN=C(NCCCc1nnc(SC)n1C1CCCC1)N(C)Cc1ccc(F)cc1.I. The van der Waals surface area contributed by atoms with Crippen LogP contribution in [0.3, 0.4) is 0 Å². The Balaban J connectivity index is 0.00000320. The van der Waals surface area contributed by atoms with E-state index in [-0.39, 0.29) is 29.8 Å². The molecule has 1 aliphatic carbocycles. The fourth-order valence-electron chi connectivity index (χ4n) is 3.92. The number of nitrogens with zero attached hydrogens (tertiary/aromatic N) is 5. The van der Waals surface area contributed by atoms with Crippen molar-refractivity contribution >= 4 is 41.7 Å². The van der Waals surface area contributed by atoms with Gasteiger partial charge in [0.05, 0.1) is 0 Å². The molecule has 0 atom stereocenters. The Morgan fingerprint density at radius 1 is 1.27 bits per heavy atom. The number of guanidine groups is 1. The average molecular weight is 546 g/mol. The third-order valence-corrected chi connectivity index (χ3v) is 6.02. The van der Waals surface area contributed by atoms with Crippen molar-refractivity contribution in [2.24, 2.45) is 4.99 Å². The van der Waals surface area contributed by atoms with Crippen LogP contribution < -0.4 is 5.32 Å². The normalized spacial score (nSPS) is 14.6. The topological polar surface area (TPSA) is 58.3 Å². The van der Waals surface area contributed by atoms with Gasteiger partial charge in [0.1, 0.15) is 11.6 Å². The van der Waals surface area contributed by atoms with Crippen molar-refractivity contribution in [2.45, 2.75) is 56.3 Å². The smallest absolute Gasteiger partial charge is 0.193 e. The highest BCUT2D eigenvalue weighted by atomic mass is 127. The summed E-state index contributed by atoms with van der Waals surface area (Å²) in [5, 5.41) is 13.3. The molecule has 1 N–H and O–H groups in total. The highest BCUT2D eigenvalue weighted by Crippen LogP contribution is 2.33. The number of hydrogen-bond acceptors (Lipinski definition) is 4. The molecule has 6 nitrogen and oxygen atoms in total. The van der Waals surface area contributed by atoms with E-state index in [1.807, 2.05) is 11.9 Å². The minimum atomic E-state index is -0.214. The summed E-state index contributed by atoms with van der Waals surface area (Å²) in [5.74, 6) is 1.71. The van der Waals surface area contributed by atoms with Crippen LogP contribution in [0.5, 0.6) is 0 Å². The maximum atomic E-state index is 13.1. The van der Waals surface area contributed by atoms with Gasteiger partial charge in [0.15, 0.2) is 11.1 Å². The Morgan fingerprint density at radius 3 is 2.60 bits per heavy atom. The molecular formula is C21H32FIN6S. The lowest BCUT2D eigenvalue weighted by molar-refractivity contribution is 0.457. The predicted octanol–water partition coefficient (Wildman–Crippen LogP) is 4.51. The van der Waals surface area contributed by atoms with E-state index in [0.29, 0.717) is 12.6 Å². The van der Waals surface area contributed by atoms with Crippen molar-refractivity contribution < 1.29 is 4.39 Å². The van der Waals surface area contributed by atoms with Crippen molar-refractivity contribution in [3.05, 3.63) is 41.5 Å². The Bertz CT molecular complexity index is 804. The molecule has 9 heteroatoms. The van der Waals surface area contributed by atoms with Crippen LogP contribution in [0.1, 0.15) is 49.5 Å². The van der Waals surface area contributed by atoms with Crippen LogP contribution in [0.4, 0.5) is 4.39 Å². The highest BCUT2D eigenvalue weighted by Gasteiger charge is 2.23. The molecule has 0 aliphatic heterocycles. The zero-order valence-corrected chi connectivity index (χ0v) is 21.1. The molecule has 0 amide bonds. The van der Waals surface area contributed by atoms with E-state index in [9.17, 15) is 4.39 Å². The van der Waals surface area contributed by atoms with Crippen LogP contribution in [0.2, 0.25) is 0 Å². The zero-order chi connectivity index (χ0) is 20.6. The number of rotatable bonds is 8. The van der Waals surface area contributed by atoms with Gasteiger partial charge in [-0.2, -0.15) is 0 Å². The van der Waals surface area contributed by atoms with Crippen LogP contribution in [0, 0.1) is 5.82 Å². The molecule has 0 spiro atoms. The van der Waals surface area contributed by atoms with Gasteiger partial charge in [-0.3, -0.25) is 4.99 Å².